The van der Waals surface area contributed by atoms with Crippen molar-refractivity contribution in [2.75, 3.05) is 11.9 Å². The number of hydrogen-bond acceptors (Lipinski definition) is 5. The van der Waals surface area contributed by atoms with Crippen molar-refractivity contribution in [1.29, 1.82) is 0 Å². The molecule has 1 aromatic heterocycles. The summed E-state index contributed by atoms with van der Waals surface area (Å²) in [7, 11) is 0. The predicted octanol–water partition coefficient (Wildman–Crippen LogP) is 3.74. The van der Waals surface area contributed by atoms with Gasteiger partial charge in [-0.05, 0) is 37.1 Å². The van der Waals surface area contributed by atoms with Gasteiger partial charge >= 0.3 is 5.88 Å². The Morgan fingerprint density at radius 1 is 1.27 bits per heavy atom. The van der Waals surface area contributed by atoms with Gasteiger partial charge in [0.25, 0.3) is 5.91 Å². The van der Waals surface area contributed by atoms with Crippen molar-refractivity contribution in [3.63, 3.8) is 0 Å². The summed E-state index contributed by atoms with van der Waals surface area (Å²) in [4.78, 5) is 36.4. The molecule has 8 nitrogen and oxygen atoms in total. The molecular weight excluding hydrogens is 385 g/mol. The van der Waals surface area contributed by atoms with E-state index in [0.29, 0.717) is 35.1 Å². The number of likely N-dealkylation sites (tertiary alicyclic amines) is 1. The van der Waals surface area contributed by atoms with Crippen molar-refractivity contribution in [3.05, 3.63) is 56.3 Å². The summed E-state index contributed by atoms with van der Waals surface area (Å²) in [6.07, 6.45) is 1.08. The number of nitro groups is 1. The van der Waals surface area contributed by atoms with Crippen LogP contribution >= 0.6 is 23.2 Å². The van der Waals surface area contributed by atoms with Crippen LogP contribution < -0.4 is 5.32 Å². The van der Waals surface area contributed by atoms with Crippen LogP contribution in [0, 0.1) is 10.1 Å². The predicted molar refractivity (Wildman–Crippen MR) is 94.5 cm³/mol. The molecule has 2 amide bonds. The van der Waals surface area contributed by atoms with Gasteiger partial charge in [0.05, 0.1) is 16.8 Å². The van der Waals surface area contributed by atoms with Crippen LogP contribution in [-0.4, -0.2) is 34.2 Å². The summed E-state index contributed by atoms with van der Waals surface area (Å²) in [6.45, 7) is 0.342. The summed E-state index contributed by atoms with van der Waals surface area (Å²) >= 11 is 11.9. The molecule has 2 aromatic rings. The van der Waals surface area contributed by atoms with Gasteiger partial charge in [0.2, 0.25) is 5.91 Å². The summed E-state index contributed by atoms with van der Waals surface area (Å²) in [5, 5.41) is 14.1. The number of nitrogens with one attached hydrogen (secondary N) is 1. The maximum atomic E-state index is 12.6. The van der Waals surface area contributed by atoms with E-state index >= 15 is 0 Å². The highest BCUT2D eigenvalue weighted by molar-refractivity contribution is 6.35. The minimum atomic E-state index is -0.735. The molecule has 1 aliphatic rings. The lowest BCUT2D eigenvalue weighted by Gasteiger charge is -2.23. The molecule has 1 aromatic carbocycles. The summed E-state index contributed by atoms with van der Waals surface area (Å²) in [5.41, 5.74) is 0.345. The third-order valence-electron chi connectivity index (χ3n) is 3.99. The first-order valence-electron chi connectivity index (χ1n) is 7.68. The number of rotatable bonds is 4. The van der Waals surface area contributed by atoms with E-state index in [-0.39, 0.29) is 5.76 Å². The fourth-order valence-electron chi connectivity index (χ4n) is 2.77. The van der Waals surface area contributed by atoms with Gasteiger partial charge in [-0.1, -0.05) is 23.2 Å². The first kappa shape index (κ1) is 18.2. The number of carbonyl (C=O) groups is 2. The molecule has 1 N–H and O–H groups in total. The largest absolute Gasteiger partial charge is 0.433 e. The third-order valence-corrected chi connectivity index (χ3v) is 4.55. The minimum absolute atomic E-state index is 0.183. The Kier molecular flexibility index (Phi) is 5.15. The maximum Gasteiger partial charge on any atom is 0.433 e. The number of carbonyl (C=O) groups excluding carboxylic acids is 2. The van der Waals surface area contributed by atoms with E-state index < -0.39 is 28.7 Å². The van der Waals surface area contributed by atoms with Crippen molar-refractivity contribution < 1.29 is 18.9 Å². The second kappa shape index (κ2) is 7.35. The average Bonchev–Trinajstić information content (AvgIpc) is 3.26. The quantitative estimate of drug-likeness (QED) is 0.624. The summed E-state index contributed by atoms with van der Waals surface area (Å²) < 4.78 is 4.94. The van der Waals surface area contributed by atoms with Gasteiger partial charge in [-0.3, -0.25) is 19.7 Å². The first-order chi connectivity index (χ1) is 12.4. The van der Waals surface area contributed by atoms with Crippen molar-refractivity contribution in [2.45, 2.75) is 18.9 Å². The van der Waals surface area contributed by atoms with Crippen molar-refractivity contribution in [2.24, 2.45) is 0 Å². The Labute approximate surface area is 157 Å². The highest BCUT2D eigenvalue weighted by Crippen LogP contribution is 2.28. The molecule has 2 heterocycles. The number of amides is 2. The molecule has 10 heteroatoms. The Hall–Kier alpha value is -2.58. The van der Waals surface area contributed by atoms with Crippen molar-refractivity contribution >= 4 is 46.6 Å². The maximum absolute atomic E-state index is 12.6. The minimum Gasteiger partial charge on any atom is -0.395 e. The van der Waals surface area contributed by atoms with Crippen LogP contribution in [0.2, 0.25) is 10.0 Å². The summed E-state index contributed by atoms with van der Waals surface area (Å²) in [5.74, 6) is -1.70. The van der Waals surface area contributed by atoms with E-state index in [2.05, 4.69) is 5.32 Å². The zero-order valence-corrected chi connectivity index (χ0v) is 14.8. The topological polar surface area (TPSA) is 106 Å². The van der Waals surface area contributed by atoms with Crippen molar-refractivity contribution in [1.82, 2.24) is 4.90 Å². The second-order valence-electron chi connectivity index (χ2n) is 5.66. The Bertz CT molecular complexity index is 883. The second-order valence-corrected chi connectivity index (χ2v) is 6.51. The lowest BCUT2D eigenvalue weighted by atomic mass is 10.2. The van der Waals surface area contributed by atoms with Gasteiger partial charge in [-0.15, -0.1) is 0 Å². The molecule has 1 aliphatic heterocycles. The number of hydrogen-bond donors (Lipinski definition) is 1. The highest BCUT2D eigenvalue weighted by atomic mass is 35.5. The molecule has 1 saturated heterocycles. The van der Waals surface area contributed by atoms with E-state index in [4.69, 9.17) is 27.6 Å². The first-order valence-corrected chi connectivity index (χ1v) is 8.43. The zero-order valence-electron chi connectivity index (χ0n) is 13.3. The van der Waals surface area contributed by atoms with Crippen LogP contribution in [0.4, 0.5) is 11.6 Å². The van der Waals surface area contributed by atoms with Gasteiger partial charge < -0.3 is 14.6 Å². The molecule has 0 spiro atoms. The average molecular weight is 398 g/mol. The molecule has 26 heavy (non-hydrogen) atoms. The molecule has 1 fully saturated rings. The number of halogens is 2. The van der Waals surface area contributed by atoms with Gasteiger partial charge in [-0.2, -0.15) is 0 Å². The van der Waals surface area contributed by atoms with Crippen LogP contribution in [0.5, 0.6) is 0 Å². The number of anilines is 1. The Morgan fingerprint density at radius 3 is 2.73 bits per heavy atom. The number of furan rings is 1. The monoisotopic (exact) mass is 397 g/mol. The molecule has 3 rings (SSSR count). The van der Waals surface area contributed by atoms with Crippen LogP contribution in [0.25, 0.3) is 0 Å². The SMILES string of the molecule is O=C(Nc1cc(Cl)ccc1Cl)[C@H]1CCCN1C(=O)c1ccc([N+](=O)[O-])o1. The van der Waals surface area contributed by atoms with E-state index in [1.165, 1.54) is 17.0 Å². The standard InChI is InChI=1S/C16H13Cl2N3O5/c17-9-3-4-10(18)11(8-9)19-15(22)12-2-1-7-20(12)16(23)13-5-6-14(26-13)21(24)25/h3-6,8,12H,1-2,7H2,(H,19,22)/t12-/m1/s1. The summed E-state index contributed by atoms with van der Waals surface area (Å²) in [6, 6.07) is 6.25. The Balaban J connectivity index is 1.76. The number of nitrogens with zero attached hydrogens (tertiary/aromatic N) is 2. The molecular formula is C16H13Cl2N3O5. The zero-order chi connectivity index (χ0) is 18.8. The van der Waals surface area contributed by atoms with Crippen LogP contribution in [0.3, 0.4) is 0 Å². The lowest BCUT2D eigenvalue weighted by molar-refractivity contribution is -0.402. The Morgan fingerprint density at radius 2 is 2.04 bits per heavy atom. The van der Waals surface area contributed by atoms with Crippen molar-refractivity contribution in [3.8, 4) is 0 Å². The van der Waals surface area contributed by atoms with Gasteiger partial charge in [0.1, 0.15) is 11.0 Å². The van der Waals surface area contributed by atoms with E-state index in [1.807, 2.05) is 0 Å². The molecule has 0 saturated carbocycles. The number of benzene rings is 1. The van der Waals surface area contributed by atoms with E-state index in [9.17, 15) is 19.7 Å². The molecule has 1 atom stereocenters. The van der Waals surface area contributed by atoms with E-state index in [1.54, 1.807) is 12.1 Å². The van der Waals surface area contributed by atoms with Gasteiger partial charge in [0.15, 0.2) is 5.76 Å². The lowest BCUT2D eigenvalue weighted by Crippen LogP contribution is -2.43. The van der Waals surface area contributed by atoms with Crippen LogP contribution in [-0.2, 0) is 4.79 Å². The third kappa shape index (κ3) is 3.66. The fourth-order valence-corrected chi connectivity index (χ4v) is 3.11. The molecule has 136 valence electrons. The van der Waals surface area contributed by atoms with Gasteiger partial charge in [-0.25, -0.2) is 0 Å². The fraction of sp³-hybridized carbons (Fsp3) is 0.250. The molecule has 0 radical (unpaired) electrons. The molecule has 0 bridgehead atoms. The normalized spacial score (nSPS) is 16.5. The highest BCUT2D eigenvalue weighted by Gasteiger charge is 2.36. The van der Waals surface area contributed by atoms with Crippen LogP contribution in [0.15, 0.2) is 34.7 Å². The van der Waals surface area contributed by atoms with Crippen LogP contribution in [0.1, 0.15) is 23.4 Å². The smallest absolute Gasteiger partial charge is 0.395 e. The van der Waals surface area contributed by atoms with Gasteiger partial charge in [0, 0.05) is 11.6 Å². The molecule has 0 aliphatic carbocycles. The molecule has 0 unspecified atom stereocenters. The van der Waals surface area contributed by atoms with E-state index in [0.717, 1.165) is 6.07 Å².